The molecular weight excluding hydrogens is 295 g/mol. The number of aryl methyl sites for hydroxylation is 2. The summed E-state index contributed by atoms with van der Waals surface area (Å²) in [4.78, 5) is 8.49. The van der Waals surface area contributed by atoms with Crippen molar-refractivity contribution in [3.63, 3.8) is 0 Å². The maximum atomic E-state index is 13.2. The van der Waals surface area contributed by atoms with Gasteiger partial charge in [0, 0.05) is 43.1 Å². The molecule has 23 heavy (non-hydrogen) atoms. The van der Waals surface area contributed by atoms with Gasteiger partial charge >= 0.3 is 0 Å². The van der Waals surface area contributed by atoms with E-state index in [1.165, 1.54) is 12.1 Å². The summed E-state index contributed by atoms with van der Waals surface area (Å²) >= 11 is 0. The number of halogens is 1. The number of pyridine rings is 1. The van der Waals surface area contributed by atoms with E-state index in [0.717, 1.165) is 22.4 Å². The molecule has 5 nitrogen and oxygen atoms in total. The van der Waals surface area contributed by atoms with Crippen LogP contribution < -0.4 is 0 Å². The molecule has 0 saturated heterocycles. The van der Waals surface area contributed by atoms with Crippen LogP contribution in [0.3, 0.4) is 0 Å². The lowest BCUT2D eigenvalue weighted by Crippen LogP contribution is -1.88. The van der Waals surface area contributed by atoms with Crippen molar-refractivity contribution in [2.75, 3.05) is 0 Å². The van der Waals surface area contributed by atoms with E-state index >= 15 is 0 Å². The highest BCUT2D eigenvalue weighted by molar-refractivity contribution is 5.93. The van der Waals surface area contributed by atoms with E-state index in [-0.39, 0.29) is 5.82 Å². The van der Waals surface area contributed by atoms with Gasteiger partial charge in [0.1, 0.15) is 11.5 Å². The Morgan fingerprint density at radius 2 is 1.87 bits per heavy atom. The molecule has 0 spiro atoms. The molecule has 0 atom stereocenters. The number of oxazole rings is 1. The van der Waals surface area contributed by atoms with Crippen LogP contribution in [0.2, 0.25) is 0 Å². The monoisotopic (exact) mass is 308 g/mol. The molecule has 114 valence electrons. The van der Waals surface area contributed by atoms with Gasteiger partial charge in [0.05, 0.1) is 0 Å². The zero-order chi connectivity index (χ0) is 16.0. The van der Waals surface area contributed by atoms with Crippen molar-refractivity contribution in [2.24, 2.45) is 7.05 Å². The number of fused-ring (bicyclic) bond motifs is 1. The Kier molecular flexibility index (Phi) is 2.97. The maximum Gasteiger partial charge on any atom is 0.199 e. The van der Waals surface area contributed by atoms with Crippen molar-refractivity contribution >= 4 is 11.2 Å². The molecule has 0 fully saturated rings. The van der Waals surface area contributed by atoms with Crippen LogP contribution in [0, 0.1) is 12.7 Å². The lowest BCUT2D eigenvalue weighted by atomic mass is 10.0. The first kappa shape index (κ1) is 13.6. The van der Waals surface area contributed by atoms with Gasteiger partial charge in [0.15, 0.2) is 17.1 Å². The Labute approximate surface area is 131 Å². The van der Waals surface area contributed by atoms with Gasteiger partial charge in [-0.3, -0.25) is 4.68 Å². The second kappa shape index (κ2) is 5.01. The highest BCUT2D eigenvalue weighted by atomic mass is 19.1. The highest BCUT2D eigenvalue weighted by Gasteiger charge is 2.17. The predicted molar refractivity (Wildman–Crippen MR) is 84.1 cm³/mol. The summed E-state index contributed by atoms with van der Waals surface area (Å²) in [6, 6.07) is 8.15. The fraction of sp³-hybridized carbons (Fsp3) is 0.118. The lowest BCUT2D eigenvalue weighted by Gasteiger charge is -2.03. The van der Waals surface area contributed by atoms with Crippen molar-refractivity contribution in [3.05, 3.63) is 54.4 Å². The summed E-state index contributed by atoms with van der Waals surface area (Å²) in [7, 11) is 1.85. The topological polar surface area (TPSA) is 56.7 Å². The zero-order valence-electron chi connectivity index (χ0n) is 12.6. The summed E-state index contributed by atoms with van der Waals surface area (Å²) in [5.74, 6) is 0.288. The van der Waals surface area contributed by atoms with Crippen molar-refractivity contribution in [1.29, 1.82) is 0 Å². The van der Waals surface area contributed by atoms with E-state index in [9.17, 15) is 4.39 Å². The van der Waals surface area contributed by atoms with E-state index in [0.29, 0.717) is 17.1 Å². The summed E-state index contributed by atoms with van der Waals surface area (Å²) in [5, 5.41) is 4.51. The van der Waals surface area contributed by atoms with E-state index in [2.05, 4.69) is 15.1 Å². The van der Waals surface area contributed by atoms with E-state index < -0.39 is 0 Å². The normalized spacial score (nSPS) is 11.3. The van der Waals surface area contributed by atoms with E-state index in [1.54, 1.807) is 29.9 Å². The van der Waals surface area contributed by atoms with Crippen molar-refractivity contribution in [3.8, 4) is 22.4 Å². The molecule has 0 radical (unpaired) electrons. The SMILES string of the molecule is Cc1nc2nccc(-c3cn(C)nc3-c3ccc(F)cc3)c2o1. The molecule has 0 amide bonds. The minimum atomic E-state index is -0.275. The van der Waals surface area contributed by atoms with E-state index in [4.69, 9.17) is 4.42 Å². The van der Waals surface area contributed by atoms with Crippen LogP contribution in [-0.4, -0.2) is 19.7 Å². The minimum absolute atomic E-state index is 0.275. The smallest absolute Gasteiger partial charge is 0.199 e. The predicted octanol–water partition coefficient (Wildman–Crippen LogP) is 3.74. The summed E-state index contributed by atoms with van der Waals surface area (Å²) in [6.45, 7) is 1.79. The molecule has 0 aliphatic heterocycles. The summed E-state index contributed by atoms with van der Waals surface area (Å²) < 4.78 is 20.6. The third-order valence-corrected chi connectivity index (χ3v) is 3.64. The Hall–Kier alpha value is -3.02. The summed E-state index contributed by atoms with van der Waals surface area (Å²) in [5.41, 5.74) is 4.54. The van der Waals surface area contributed by atoms with Crippen molar-refractivity contribution in [1.82, 2.24) is 19.7 Å². The van der Waals surface area contributed by atoms with Gasteiger partial charge in [-0.05, 0) is 30.3 Å². The van der Waals surface area contributed by atoms with Gasteiger partial charge in [0.25, 0.3) is 0 Å². The fourth-order valence-electron chi connectivity index (χ4n) is 2.66. The average Bonchev–Trinajstić information content (AvgIpc) is 3.09. The molecule has 1 aromatic carbocycles. The molecule has 4 aromatic rings. The zero-order valence-corrected chi connectivity index (χ0v) is 12.6. The van der Waals surface area contributed by atoms with Crippen LogP contribution in [0.4, 0.5) is 4.39 Å². The van der Waals surface area contributed by atoms with Gasteiger partial charge < -0.3 is 4.42 Å². The van der Waals surface area contributed by atoms with Gasteiger partial charge in [-0.15, -0.1) is 0 Å². The van der Waals surface area contributed by atoms with Crippen LogP contribution in [0.5, 0.6) is 0 Å². The number of rotatable bonds is 2. The Morgan fingerprint density at radius 1 is 1.09 bits per heavy atom. The van der Waals surface area contributed by atoms with Crippen LogP contribution in [0.15, 0.2) is 47.1 Å². The van der Waals surface area contributed by atoms with Crippen LogP contribution >= 0.6 is 0 Å². The van der Waals surface area contributed by atoms with Gasteiger partial charge in [-0.25, -0.2) is 9.37 Å². The number of benzene rings is 1. The molecule has 0 aliphatic carbocycles. The lowest BCUT2D eigenvalue weighted by molar-refractivity contribution is 0.562. The van der Waals surface area contributed by atoms with Gasteiger partial charge in [0.2, 0.25) is 0 Å². The molecule has 0 saturated carbocycles. The maximum absolute atomic E-state index is 13.2. The number of hydrogen-bond acceptors (Lipinski definition) is 4. The molecule has 0 unspecified atom stereocenters. The van der Waals surface area contributed by atoms with E-state index in [1.807, 2.05) is 19.3 Å². The largest absolute Gasteiger partial charge is 0.439 e. The first-order valence-electron chi connectivity index (χ1n) is 7.14. The van der Waals surface area contributed by atoms with Crippen molar-refractivity contribution < 1.29 is 8.81 Å². The molecule has 0 N–H and O–H groups in total. The molecule has 4 rings (SSSR count). The molecular formula is C17H13FN4O. The average molecular weight is 308 g/mol. The highest BCUT2D eigenvalue weighted by Crippen LogP contribution is 2.34. The van der Waals surface area contributed by atoms with Crippen LogP contribution in [-0.2, 0) is 7.05 Å². The molecule has 6 heteroatoms. The summed E-state index contributed by atoms with van der Waals surface area (Å²) in [6.07, 6.45) is 3.60. The molecule has 0 bridgehead atoms. The molecule has 0 aliphatic rings. The Morgan fingerprint density at radius 3 is 2.65 bits per heavy atom. The standard InChI is InChI=1S/C17H13FN4O/c1-10-20-17-16(23-10)13(7-8-19-17)14-9-22(2)21-15(14)11-3-5-12(18)6-4-11/h3-9H,1-2H3. The number of hydrogen-bond donors (Lipinski definition) is 0. The van der Waals surface area contributed by atoms with Crippen LogP contribution in [0.25, 0.3) is 33.6 Å². The number of nitrogens with zero attached hydrogens (tertiary/aromatic N) is 4. The third kappa shape index (κ3) is 2.28. The minimum Gasteiger partial charge on any atom is -0.439 e. The van der Waals surface area contributed by atoms with Crippen molar-refractivity contribution in [2.45, 2.75) is 6.92 Å². The second-order valence-corrected chi connectivity index (χ2v) is 5.32. The molecule has 3 aromatic heterocycles. The number of aromatic nitrogens is 4. The van der Waals surface area contributed by atoms with Gasteiger partial charge in [-0.1, -0.05) is 0 Å². The second-order valence-electron chi connectivity index (χ2n) is 5.32. The Balaban J connectivity index is 1.97. The molecule has 3 heterocycles. The fourth-order valence-corrected chi connectivity index (χ4v) is 2.66. The third-order valence-electron chi connectivity index (χ3n) is 3.64. The van der Waals surface area contributed by atoms with Crippen LogP contribution in [0.1, 0.15) is 5.89 Å². The Bertz CT molecular complexity index is 1000. The quantitative estimate of drug-likeness (QED) is 0.566. The first-order chi connectivity index (χ1) is 11.1. The van der Waals surface area contributed by atoms with Gasteiger partial charge in [-0.2, -0.15) is 10.1 Å². The first-order valence-corrected chi connectivity index (χ1v) is 7.14.